The summed E-state index contributed by atoms with van der Waals surface area (Å²) in [6.45, 7) is 2.16. The second-order valence-electron chi connectivity index (χ2n) is 9.55. The molecule has 8 heteroatoms. The smallest absolute Gasteiger partial charge is 0.352 e. The van der Waals surface area contributed by atoms with E-state index in [0.29, 0.717) is 17.8 Å². The van der Waals surface area contributed by atoms with Crippen molar-refractivity contribution in [2.45, 2.75) is 88.7 Å². The Balaban J connectivity index is 1.54. The summed E-state index contributed by atoms with van der Waals surface area (Å²) in [7, 11) is 1.22. The van der Waals surface area contributed by atoms with Gasteiger partial charge >= 0.3 is 5.97 Å². The molecule has 35 heavy (non-hydrogen) atoms. The van der Waals surface area contributed by atoms with Crippen LogP contribution in [0.25, 0.3) is 0 Å². The van der Waals surface area contributed by atoms with Gasteiger partial charge in [0.2, 0.25) is 5.95 Å². The number of aryl methyl sites for hydroxylation is 2. The van der Waals surface area contributed by atoms with Gasteiger partial charge in [-0.3, -0.25) is 0 Å². The average Bonchev–Trinajstić information content (AvgIpc) is 3.35. The van der Waals surface area contributed by atoms with E-state index in [9.17, 15) is 19.4 Å². The third-order valence-corrected chi connectivity index (χ3v) is 8.66. The lowest BCUT2D eigenvalue weighted by atomic mass is 9.85. The molecular formula is C27H37ClFNO4S. The molecule has 1 aliphatic carbocycles. The Morgan fingerprint density at radius 2 is 2.06 bits per heavy atom. The van der Waals surface area contributed by atoms with Crippen LogP contribution in [0.5, 0.6) is 0 Å². The molecule has 0 amide bonds. The van der Waals surface area contributed by atoms with Gasteiger partial charge in [0.1, 0.15) is 0 Å². The van der Waals surface area contributed by atoms with Crippen molar-refractivity contribution < 1.29 is 24.1 Å². The first-order valence-corrected chi connectivity index (χ1v) is 13.9. The van der Waals surface area contributed by atoms with Gasteiger partial charge in [-0.2, -0.15) is 4.39 Å². The third-order valence-electron chi connectivity index (χ3n) is 7.09. The zero-order valence-electron chi connectivity index (χ0n) is 20.6. The number of esters is 1. The minimum Gasteiger partial charge on any atom is -0.465 e. The predicted octanol–water partition coefficient (Wildman–Crippen LogP) is 6.24. The molecule has 1 aromatic heterocycles. The third kappa shape index (κ3) is 7.72. The topological polar surface area (TPSA) is 79.7 Å². The molecule has 1 aromatic carbocycles. The van der Waals surface area contributed by atoms with Crippen LogP contribution in [0.4, 0.5) is 4.39 Å². The van der Waals surface area contributed by atoms with Crippen molar-refractivity contribution >= 4 is 28.9 Å². The normalized spacial score (nSPS) is 22.9. The summed E-state index contributed by atoms with van der Waals surface area (Å²) in [6, 6.07) is 8.17. The van der Waals surface area contributed by atoms with E-state index in [4.69, 9.17) is 11.6 Å². The largest absolute Gasteiger partial charge is 0.465 e. The van der Waals surface area contributed by atoms with Gasteiger partial charge in [-0.05, 0) is 67.9 Å². The van der Waals surface area contributed by atoms with Crippen molar-refractivity contribution in [3.63, 3.8) is 0 Å². The summed E-state index contributed by atoms with van der Waals surface area (Å²) >= 11 is 7.67. The molecule has 1 heterocycles. The van der Waals surface area contributed by atoms with Crippen LogP contribution >= 0.6 is 22.9 Å². The number of alkyl halides is 1. The van der Waals surface area contributed by atoms with Crippen molar-refractivity contribution in [2.24, 2.45) is 11.8 Å². The van der Waals surface area contributed by atoms with Gasteiger partial charge in [-0.15, -0.1) is 22.9 Å². The molecule has 1 saturated carbocycles. The second-order valence-corrected chi connectivity index (χ2v) is 11.2. The highest BCUT2D eigenvalue weighted by atomic mass is 35.5. The van der Waals surface area contributed by atoms with Gasteiger partial charge in [-0.1, -0.05) is 50.5 Å². The number of carbonyl (C=O) groups excluding carboxylic acids is 1. The standard InChI is InChI=1S/C27H37ClFNO4S/c1-3-4-5-11-22(31)18-9-6-8-17(15-18)13-14-19-20(23(32)16-21(19)28)10-7-12-24-30-26(29)25(35-24)27(33)34-2/h6,8-9,15,19-23,31-32H,3-5,7,10-14,16H2,1-2H3/t19-,20-,21?,22?,23?/m1/s1. The van der Waals surface area contributed by atoms with Crippen LogP contribution in [0.3, 0.4) is 0 Å². The Bertz CT molecular complexity index is 955. The van der Waals surface area contributed by atoms with E-state index in [2.05, 4.69) is 28.8 Å². The molecule has 5 nitrogen and oxygen atoms in total. The SMILES string of the molecule is CCCCCC(O)c1cccc(CC[C@H]2C(Cl)CC(O)[C@@H]2CCCc2nc(F)c(C(=O)OC)s2)c1. The molecule has 0 saturated heterocycles. The second kappa shape index (κ2) is 13.7. The summed E-state index contributed by atoms with van der Waals surface area (Å²) in [5, 5.41) is 21.6. The first kappa shape index (κ1) is 28.0. The molecule has 0 radical (unpaired) electrons. The van der Waals surface area contributed by atoms with E-state index in [0.717, 1.165) is 68.3 Å². The molecule has 0 bridgehead atoms. The van der Waals surface area contributed by atoms with Crippen molar-refractivity contribution in [2.75, 3.05) is 7.11 Å². The fourth-order valence-electron chi connectivity index (χ4n) is 5.14. The number of carbonyl (C=O) groups is 1. The monoisotopic (exact) mass is 525 g/mol. The lowest BCUT2D eigenvalue weighted by Gasteiger charge is -2.23. The van der Waals surface area contributed by atoms with Crippen LogP contribution in [-0.2, 0) is 17.6 Å². The van der Waals surface area contributed by atoms with Crippen LogP contribution in [0.1, 0.15) is 90.2 Å². The summed E-state index contributed by atoms with van der Waals surface area (Å²) in [4.78, 5) is 15.4. The van der Waals surface area contributed by atoms with Gasteiger partial charge in [0, 0.05) is 5.38 Å². The highest BCUT2D eigenvalue weighted by molar-refractivity contribution is 7.13. The number of unbranched alkanes of at least 4 members (excludes halogenated alkanes) is 2. The highest BCUT2D eigenvalue weighted by Crippen LogP contribution is 2.41. The molecule has 194 valence electrons. The van der Waals surface area contributed by atoms with Crippen LogP contribution < -0.4 is 0 Å². The maximum Gasteiger partial charge on any atom is 0.352 e. The number of thiazole rings is 1. The van der Waals surface area contributed by atoms with Gasteiger partial charge in [0.05, 0.1) is 24.3 Å². The Labute approximate surface area is 216 Å². The number of methoxy groups -OCH3 is 1. The summed E-state index contributed by atoms with van der Waals surface area (Å²) in [5.74, 6) is -1.23. The Morgan fingerprint density at radius 1 is 1.26 bits per heavy atom. The zero-order chi connectivity index (χ0) is 25.4. The van der Waals surface area contributed by atoms with Crippen molar-refractivity contribution in [3.8, 4) is 0 Å². The van der Waals surface area contributed by atoms with Crippen LogP contribution in [0.15, 0.2) is 24.3 Å². The van der Waals surface area contributed by atoms with E-state index < -0.39 is 24.1 Å². The van der Waals surface area contributed by atoms with Gasteiger partial charge in [0.15, 0.2) is 4.88 Å². The number of aliphatic hydroxyl groups excluding tert-OH is 2. The number of aromatic nitrogens is 1. The fourth-order valence-corrected chi connectivity index (χ4v) is 6.54. The first-order chi connectivity index (χ1) is 16.8. The lowest BCUT2D eigenvalue weighted by molar-refractivity contribution is 0.0600. The number of benzene rings is 1. The van der Waals surface area contributed by atoms with Gasteiger partial charge < -0.3 is 14.9 Å². The van der Waals surface area contributed by atoms with E-state index >= 15 is 0 Å². The van der Waals surface area contributed by atoms with Crippen LogP contribution in [-0.4, -0.2) is 39.8 Å². The Hall–Kier alpha value is -1.54. The highest BCUT2D eigenvalue weighted by Gasteiger charge is 2.40. The summed E-state index contributed by atoms with van der Waals surface area (Å²) in [5.41, 5.74) is 2.14. The van der Waals surface area contributed by atoms with E-state index in [1.807, 2.05) is 12.1 Å². The summed E-state index contributed by atoms with van der Waals surface area (Å²) in [6.07, 6.45) is 7.50. The number of aliphatic hydroxyl groups is 2. The maximum atomic E-state index is 13.9. The van der Waals surface area contributed by atoms with Crippen molar-refractivity contribution in [1.82, 2.24) is 4.98 Å². The molecular weight excluding hydrogens is 489 g/mol. The minimum absolute atomic E-state index is 0.0743. The van der Waals surface area contributed by atoms with Crippen LogP contribution in [0.2, 0.25) is 0 Å². The lowest BCUT2D eigenvalue weighted by Crippen LogP contribution is -2.21. The van der Waals surface area contributed by atoms with Crippen LogP contribution in [0, 0.1) is 17.8 Å². The molecule has 3 rings (SSSR count). The number of halogens is 2. The molecule has 0 aliphatic heterocycles. The fraction of sp³-hybridized carbons (Fsp3) is 0.630. The number of nitrogens with zero attached hydrogens (tertiary/aromatic N) is 1. The Morgan fingerprint density at radius 3 is 2.80 bits per heavy atom. The molecule has 0 spiro atoms. The molecule has 1 fully saturated rings. The quantitative estimate of drug-likeness (QED) is 0.184. The van der Waals surface area contributed by atoms with Crippen molar-refractivity contribution in [1.29, 1.82) is 0 Å². The first-order valence-electron chi connectivity index (χ1n) is 12.7. The average molecular weight is 526 g/mol. The molecule has 2 aromatic rings. The number of rotatable bonds is 13. The molecule has 2 N–H and O–H groups in total. The molecule has 5 atom stereocenters. The minimum atomic E-state index is -0.783. The predicted molar refractivity (Wildman–Crippen MR) is 137 cm³/mol. The number of hydrogen-bond acceptors (Lipinski definition) is 6. The van der Waals surface area contributed by atoms with E-state index in [1.165, 1.54) is 12.7 Å². The van der Waals surface area contributed by atoms with Gasteiger partial charge in [0.25, 0.3) is 0 Å². The van der Waals surface area contributed by atoms with E-state index in [1.54, 1.807) is 0 Å². The molecule has 3 unspecified atom stereocenters. The van der Waals surface area contributed by atoms with E-state index in [-0.39, 0.29) is 22.1 Å². The zero-order valence-corrected chi connectivity index (χ0v) is 22.2. The summed E-state index contributed by atoms with van der Waals surface area (Å²) < 4.78 is 18.5. The Kier molecular flexibility index (Phi) is 11.0. The maximum absolute atomic E-state index is 13.9. The number of ether oxygens (including phenoxy) is 1. The van der Waals surface area contributed by atoms with Gasteiger partial charge in [-0.25, -0.2) is 9.78 Å². The number of hydrogen-bond donors (Lipinski definition) is 2. The molecule has 1 aliphatic rings. The van der Waals surface area contributed by atoms with Crippen molar-refractivity contribution in [3.05, 3.63) is 51.2 Å².